The zero-order chi connectivity index (χ0) is 24.2. The van der Waals surface area contributed by atoms with Gasteiger partial charge in [0.15, 0.2) is 5.78 Å². The lowest BCUT2D eigenvalue weighted by Gasteiger charge is -2.43. The predicted octanol–water partition coefficient (Wildman–Crippen LogP) is 2.26. The van der Waals surface area contributed by atoms with E-state index in [1.165, 1.54) is 0 Å². The number of rotatable bonds is 6. The molecule has 178 valence electrons. The van der Waals surface area contributed by atoms with Crippen molar-refractivity contribution in [2.75, 3.05) is 13.1 Å². The van der Waals surface area contributed by atoms with E-state index in [0.29, 0.717) is 30.8 Å². The zero-order valence-corrected chi connectivity index (χ0v) is 19.1. The fourth-order valence-electron chi connectivity index (χ4n) is 5.38. The lowest BCUT2D eigenvalue weighted by Crippen LogP contribution is -2.60. The van der Waals surface area contributed by atoms with Crippen molar-refractivity contribution in [2.45, 2.75) is 83.7 Å². The molecule has 1 unspecified atom stereocenters. The normalized spacial score (nSPS) is 30.7. The van der Waals surface area contributed by atoms with Gasteiger partial charge in [-0.25, -0.2) is 0 Å². The van der Waals surface area contributed by atoms with Crippen molar-refractivity contribution in [3.8, 4) is 6.07 Å². The largest absolute Gasteiger partial charge is 0.471 e. The molecule has 6 atom stereocenters. The van der Waals surface area contributed by atoms with Gasteiger partial charge in [0.05, 0.1) is 12.1 Å². The summed E-state index contributed by atoms with van der Waals surface area (Å²) in [5, 5.41) is 12.4. The number of Topliss-reactive ketones (excluding diaryl/α,β-unsaturated/α-hetero) is 1. The highest BCUT2D eigenvalue weighted by atomic mass is 19.4. The van der Waals surface area contributed by atoms with Crippen LogP contribution in [0.3, 0.4) is 0 Å². The summed E-state index contributed by atoms with van der Waals surface area (Å²) >= 11 is 0. The minimum absolute atomic E-state index is 0.0273. The van der Waals surface area contributed by atoms with Crippen LogP contribution in [0.1, 0.15) is 53.9 Å². The molecule has 3 heterocycles. The Morgan fingerprint density at radius 3 is 2.34 bits per heavy atom. The van der Waals surface area contributed by atoms with Crippen LogP contribution in [0.15, 0.2) is 0 Å². The highest BCUT2D eigenvalue weighted by Gasteiger charge is 2.63. The molecule has 10 heteroatoms. The van der Waals surface area contributed by atoms with Gasteiger partial charge >= 0.3 is 12.1 Å². The summed E-state index contributed by atoms with van der Waals surface area (Å²) < 4.78 is 40.9. The number of carbonyl (C=O) groups is 3. The summed E-state index contributed by atoms with van der Waals surface area (Å²) in [6.45, 7) is 9.70. The van der Waals surface area contributed by atoms with Gasteiger partial charge in [0.25, 0.3) is 0 Å². The average Bonchev–Trinajstić information content (AvgIpc) is 3.08. The van der Waals surface area contributed by atoms with Crippen LogP contribution in [0, 0.1) is 28.6 Å². The lowest BCUT2D eigenvalue weighted by molar-refractivity contribution is -0.193. The second-order valence-electron chi connectivity index (χ2n) is 10.8. The van der Waals surface area contributed by atoms with E-state index in [9.17, 15) is 32.8 Å². The van der Waals surface area contributed by atoms with Crippen molar-refractivity contribution < 1.29 is 27.6 Å². The molecule has 0 aliphatic carbocycles. The summed E-state index contributed by atoms with van der Waals surface area (Å²) in [6.07, 6.45) is -4.60. The zero-order valence-electron chi connectivity index (χ0n) is 19.1. The first-order valence-electron chi connectivity index (χ1n) is 11.0. The Hall–Kier alpha value is -2.15. The maximum atomic E-state index is 13.6. The van der Waals surface area contributed by atoms with Gasteiger partial charge in [0, 0.05) is 36.5 Å². The third-order valence-electron chi connectivity index (χ3n) is 7.19. The molecule has 3 rings (SSSR count). The molecular formula is C22H31F3N4O3. The minimum atomic E-state index is -5.25. The highest BCUT2D eigenvalue weighted by Crippen LogP contribution is 2.51. The molecule has 1 N–H and O–H groups in total. The number of nitrogens with zero attached hydrogens (tertiary/aromatic N) is 3. The molecule has 3 aliphatic heterocycles. The predicted molar refractivity (Wildman–Crippen MR) is 109 cm³/mol. The number of carbonyl (C=O) groups excluding carboxylic acids is 3. The molecule has 32 heavy (non-hydrogen) atoms. The van der Waals surface area contributed by atoms with Crippen molar-refractivity contribution in [1.29, 1.82) is 5.26 Å². The summed E-state index contributed by atoms with van der Waals surface area (Å²) in [6, 6.07) is -0.989. The first-order chi connectivity index (χ1) is 14.6. The third-order valence-corrected chi connectivity index (χ3v) is 7.19. The van der Waals surface area contributed by atoms with Gasteiger partial charge in [-0.15, -0.1) is 0 Å². The Morgan fingerprint density at radius 2 is 1.94 bits per heavy atom. The van der Waals surface area contributed by atoms with Crippen LogP contribution < -0.4 is 5.32 Å². The number of fused-ring (bicyclic) bond motifs is 1. The number of amides is 2. The van der Waals surface area contributed by atoms with E-state index >= 15 is 0 Å². The highest BCUT2D eigenvalue weighted by molar-refractivity contribution is 5.94. The van der Waals surface area contributed by atoms with Crippen LogP contribution in [0.25, 0.3) is 0 Å². The van der Waals surface area contributed by atoms with Crippen LogP contribution in [0.5, 0.6) is 0 Å². The van der Waals surface area contributed by atoms with E-state index in [0.717, 1.165) is 0 Å². The topological polar surface area (TPSA) is 93.3 Å². The van der Waals surface area contributed by atoms with Crippen LogP contribution in [0.4, 0.5) is 13.2 Å². The Kier molecular flexibility index (Phi) is 6.13. The monoisotopic (exact) mass is 456 g/mol. The molecule has 0 aromatic rings. The molecule has 0 spiro atoms. The molecule has 3 aliphatic rings. The van der Waals surface area contributed by atoms with Gasteiger partial charge in [-0.05, 0) is 38.5 Å². The molecule has 0 radical (unpaired) electrons. The fraction of sp³-hybridized carbons (Fsp3) is 0.818. The van der Waals surface area contributed by atoms with E-state index in [4.69, 9.17) is 0 Å². The second-order valence-corrected chi connectivity index (χ2v) is 10.8. The number of piperidine rings is 1. The average molecular weight is 457 g/mol. The quantitative estimate of drug-likeness (QED) is 0.619. The van der Waals surface area contributed by atoms with Crippen LogP contribution in [-0.2, 0) is 14.4 Å². The first kappa shape index (κ1) is 24.5. The van der Waals surface area contributed by atoms with Gasteiger partial charge in [-0.2, -0.15) is 18.4 Å². The van der Waals surface area contributed by atoms with Crippen molar-refractivity contribution in [2.24, 2.45) is 17.3 Å². The van der Waals surface area contributed by atoms with Gasteiger partial charge in [0.1, 0.15) is 6.04 Å². The number of nitriles is 1. The molecule has 0 bridgehead atoms. The maximum Gasteiger partial charge on any atom is 0.471 e. The standard InChI is InChI=1S/C22H31F3N4O3/c1-20(2,3)17(16(30)13-9-15-21(4,5)28(15)11-13)29(19(32)22(23,24)25)14(10-26)8-12-6-7-27-18(12)31/h12-15,17H,6-9,11H2,1-5H3,(H,27,31)/t12-,13?,14-,15-,17+,28-/m0/s1. The fourth-order valence-corrected chi connectivity index (χ4v) is 5.38. The maximum absolute atomic E-state index is 13.6. The van der Waals surface area contributed by atoms with E-state index < -0.39 is 47.2 Å². The van der Waals surface area contributed by atoms with Crippen LogP contribution in [0.2, 0.25) is 0 Å². The molecule has 3 saturated heterocycles. The minimum Gasteiger partial charge on any atom is -0.356 e. The van der Waals surface area contributed by atoms with Crippen molar-refractivity contribution in [3.63, 3.8) is 0 Å². The summed E-state index contributed by atoms with van der Waals surface area (Å²) in [5.74, 6) is -4.19. The van der Waals surface area contributed by atoms with Crippen molar-refractivity contribution in [1.82, 2.24) is 15.1 Å². The third kappa shape index (κ3) is 4.36. The number of halogens is 3. The molecule has 2 amide bonds. The number of alkyl halides is 3. The van der Waals surface area contributed by atoms with E-state index in [1.807, 2.05) is 0 Å². The Labute approximate surface area is 186 Å². The van der Waals surface area contributed by atoms with Gasteiger partial charge in [-0.3, -0.25) is 19.3 Å². The molecular weight excluding hydrogens is 425 g/mol. The Bertz CT molecular complexity index is 829. The van der Waals surface area contributed by atoms with E-state index in [2.05, 4.69) is 24.1 Å². The number of hydrogen-bond acceptors (Lipinski definition) is 5. The van der Waals surface area contributed by atoms with Crippen LogP contribution in [-0.4, -0.2) is 70.3 Å². The molecule has 0 aromatic carbocycles. The van der Waals surface area contributed by atoms with Crippen molar-refractivity contribution in [3.05, 3.63) is 0 Å². The van der Waals surface area contributed by atoms with E-state index in [-0.39, 0.29) is 23.9 Å². The Balaban J connectivity index is 1.95. The molecule has 0 saturated carbocycles. The molecule has 7 nitrogen and oxygen atoms in total. The van der Waals surface area contributed by atoms with Gasteiger partial charge < -0.3 is 10.2 Å². The van der Waals surface area contributed by atoms with Gasteiger partial charge in [-0.1, -0.05) is 20.8 Å². The number of ketones is 1. The summed E-state index contributed by atoms with van der Waals surface area (Å²) in [7, 11) is 0. The van der Waals surface area contributed by atoms with E-state index in [1.54, 1.807) is 26.8 Å². The number of hydrogen-bond donors (Lipinski definition) is 1. The van der Waals surface area contributed by atoms with Gasteiger partial charge in [0.2, 0.25) is 5.91 Å². The number of nitrogens with one attached hydrogen (secondary N) is 1. The Morgan fingerprint density at radius 1 is 1.31 bits per heavy atom. The molecule has 0 aromatic heterocycles. The smallest absolute Gasteiger partial charge is 0.356 e. The first-order valence-corrected chi connectivity index (χ1v) is 11.0. The molecule has 3 fully saturated rings. The summed E-state index contributed by atoms with van der Waals surface area (Å²) in [5.41, 5.74) is -1.07. The second kappa shape index (κ2) is 8.01. The SMILES string of the molecule is CC(C)(C)[C@@H](C(=O)C1C[C@@H]2[N@](C1)C2(C)C)N(C(=O)C(F)(F)F)[C@H](C#N)C[C@@H]1CCNC1=O. The summed E-state index contributed by atoms with van der Waals surface area (Å²) in [4.78, 5) is 40.7. The lowest BCUT2D eigenvalue weighted by atomic mass is 9.77. The van der Waals surface area contributed by atoms with Crippen molar-refractivity contribution >= 4 is 17.6 Å². The van der Waals surface area contributed by atoms with Crippen LogP contribution >= 0.6 is 0 Å².